The van der Waals surface area contributed by atoms with Gasteiger partial charge >= 0.3 is 0 Å². The molecule has 0 radical (unpaired) electrons. The number of nitrogens with one attached hydrogen (secondary N) is 1. The third-order valence-corrected chi connectivity index (χ3v) is 6.45. The summed E-state index contributed by atoms with van der Waals surface area (Å²) in [5, 5.41) is 4.33. The van der Waals surface area contributed by atoms with Crippen molar-refractivity contribution in [3.8, 4) is 11.5 Å². The van der Waals surface area contributed by atoms with Crippen LogP contribution in [0.2, 0.25) is 0 Å². The van der Waals surface area contributed by atoms with Crippen molar-refractivity contribution in [3.05, 3.63) is 84.1 Å². The molecule has 3 N–H and O–H groups in total. The predicted molar refractivity (Wildman–Crippen MR) is 148 cm³/mol. The fourth-order valence-corrected chi connectivity index (χ4v) is 4.48. The maximum absolute atomic E-state index is 6.71. The maximum atomic E-state index is 6.71. The van der Waals surface area contributed by atoms with Crippen molar-refractivity contribution < 1.29 is 9.47 Å². The van der Waals surface area contributed by atoms with Gasteiger partial charge < -0.3 is 25.4 Å². The van der Waals surface area contributed by atoms with Gasteiger partial charge in [-0.2, -0.15) is 0 Å². The van der Waals surface area contributed by atoms with E-state index in [0.717, 1.165) is 50.6 Å². The minimum atomic E-state index is -0.408. The highest BCUT2D eigenvalue weighted by Crippen LogP contribution is 2.37. The maximum Gasteiger partial charge on any atom is 0.289 e. The average molecular weight is 493 g/mol. The zero-order chi connectivity index (χ0) is 25.6. The monoisotopic (exact) mass is 492 g/mol. The Bertz CT molecular complexity index is 1560. The first-order valence-electron chi connectivity index (χ1n) is 12.2. The van der Waals surface area contributed by atoms with E-state index >= 15 is 0 Å². The van der Waals surface area contributed by atoms with Crippen LogP contribution in [0.3, 0.4) is 0 Å². The molecule has 0 aliphatic carbocycles. The third kappa shape index (κ3) is 4.59. The number of anilines is 2. The van der Waals surface area contributed by atoms with E-state index in [-0.39, 0.29) is 5.54 Å². The van der Waals surface area contributed by atoms with E-state index in [4.69, 9.17) is 15.2 Å². The Kier molecular flexibility index (Phi) is 5.53. The van der Waals surface area contributed by atoms with Crippen LogP contribution in [0.1, 0.15) is 31.1 Å². The van der Waals surface area contributed by atoms with E-state index in [1.807, 2.05) is 86.3 Å². The number of ether oxygens (including phenoxy) is 2. The highest BCUT2D eigenvalue weighted by Gasteiger charge is 2.27. The molecule has 1 unspecified atom stereocenters. The van der Waals surface area contributed by atoms with Crippen molar-refractivity contribution >= 4 is 40.3 Å². The topological polar surface area (TPSA) is 97.4 Å². The molecule has 6 rings (SSSR count). The summed E-state index contributed by atoms with van der Waals surface area (Å²) in [7, 11) is 0. The van der Waals surface area contributed by atoms with Crippen LogP contribution in [0.4, 0.5) is 17.1 Å². The lowest BCUT2D eigenvalue weighted by molar-refractivity contribution is 0.278. The lowest BCUT2D eigenvalue weighted by Gasteiger charge is -2.31. The highest BCUT2D eigenvalue weighted by molar-refractivity contribution is 5.92. The molecule has 4 aromatic rings. The standard InChI is InChI=1S/C29H28N6O2/c1-18-13-21(8-11-26(18)37-22-9-6-19-5-4-12-31-25(19)15-22)35-17-32-24-10-7-20(14-23(24)27(35)30)33-28-34-29(2,3)16-36-28/h4-15,17,27H,16,30H2,1-3H3,(H,33,34). The van der Waals surface area contributed by atoms with Crippen molar-refractivity contribution in [2.45, 2.75) is 32.5 Å². The molecule has 0 saturated heterocycles. The van der Waals surface area contributed by atoms with Crippen LogP contribution in [-0.4, -0.2) is 29.5 Å². The van der Waals surface area contributed by atoms with Gasteiger partial charge in [0.1, 0.15) is 24.3 Å². The summed E-state index contributed by atoms with van der Waals surface area (Å²) < 4.78 is 11.9. The van der Waals surface area contributed by atoms with Crippen molar-refractivity contribution in [1.82, 2.24) is 4.98 Å². The molecule has 3 aromatic carbocycles. The van der Waals surface area contributed by atoms with Crippen LogP contribution in [0.5, 0.6) is 11.5 Å². The number of fused-ring (bicyclic) bond motifs is 2. The van der Waals surface area contributed by atoms with Crippen LogP contribution < -0.4 is 20.7 Å². The second kappa shape index (κ2) is 8.90. The number of nitrogens with two attached hydrogens (primary N) is 1. The zero-order valence-electron chi connectivity index (χ0n) is 21.0. The minimum Gasteiger partial charge on any atom is -0.462 e. The summed E-state index contributed by atoms with van der Waals surface area (Å²) in [5.74, 6) is 1.51. The summed E-state index contributed by atoms with van der Waals surface area (Å²) in [5.41, 5.74) is 11.9. The van der Waals surface area contributed by atoms with Gasteiger partial charge in [0, 0.05) is 34.6 Å². The molecule has 0 spiro atoms. The summed E-state index contributed by atoms with van der Waals surface area (Å²) in [6, 6.07) is 22.3. The van der Waals surface area contributed by atoms with Gasteiger partial charge in [-0.05, 0) is 80.9 Å². The SMILES string of the molecule is Cc1cc(N2C=Nc3ccc(NC4=NC(C)(C)CO4)cc3C2N)ccc1Oc1ccc2cccnc2c1. The number of rotatable bonds is 4. The summed E-state index contributed by atoms with van der Waals surface area (Å²) >= 11 is 0. The molecule has 8 nitrogen and oxygen atoms in total. The number of aryl methyl sites for hydroxylation is 1. The largest absolute Gasteiger partial charge is 0.462 e. The first-order valence-corrected chi connectivity index (χ1v) is 12.2. The van der Waals surface area contributed by atoms with Crippen molar-refractivity contribution in [1.29, 1.82) is 0 Å². The summed E-state index contributed by atoms with van der Waals surface area (Å²) in [4.78, 5) is 15.6. The molecule has 1 atom stereocenters. The van der Waals surface area contributed by atoms with E-state index in [1.165, 1.54) is 0 Å². The molecule has 2 aliphatic rings. The Morgan fingerprint density at radius 1 is 1.08 bits per heavy atom. The van der Waals surface area contributed by atoms with Crippen molar-refractivity contribution in [2.75, 3.05) is 16.8 Å². The van der Waals surface area contributed by atoms with Gasteiger partial charge in [-0.25, -0.2) is 9.98 Å². The molecule has 2 aliphatic heterocycles. The van der Waals surface area contributed by atoms with Crippen LogP contribution in [0.15, 0.2) is 82.9 Å². The first kappa shape index (κ1) is 23.0. The molecular weight excluding hydrogens is 464 g/mol. The first-order chi connectivity index (χ1) is 17.8. The Morgan fingerprint density at radius 3 is 2.78 bits per heavy atom. The van der Waals surface area contributed by atoms with E-state index in [1.54, 1.807) is 12.5 Å². The molecular formula is C29H28N6O2. The van der Waals surface area contributed by atoms with Crippen LogP contribution in [-0.2, 0) is 4.74 Å². The molecule has 186 valence electrons. The number of hydrogen-bond donors (Lipinski definition) is 2. The number of nitrogens with zero attached hydrogens (tertiary/aromatic N) is 4. The van der Waals surface area contributed by atoms with Gasteiger partial charge in [0.25, 0.3) is 6.02 Å². The van der Waals surface area contributed by atoms with E-state index < -0.39 is 6.17 Å². The molecule has 1 aromatic heterocycles. The van der Waals surface area contributed by atoms with Crippen LogP contribution in [0, 0.1) is 6.92 Å². The molecule has 3 heterocycles. The zero-order valence-corrected chi connectivity index (χ0v) is 21.0. The lowest BCUT2D eigenvalue weighted by Crippen LogP contribution is -2.35. The van der Waals surface area contributed by atoms with Crippen LogP contribution >= 0.6 is 0 Å². The second-order valence-corrected chi connectivity index (χ2v) is 9.92. The molecule has 37 heavy (non-hydrogen) atoms. The van der Waals surface area contributed by atoms with Crippen molar-refractivity contribution in [2.24, 2.45) is 15.7 Å². The fourth-order valence-electron chi connectivity index (χ4n) is 4.48. The number of pyridine rings is 1. The molecule has 0 saturated carbocycles. The Hall–Kier alpha value is -4.43. The summed E-state index contributed by atoms with van der Waals surface area (Å²) in [6.07, 6.45) is 3.15. The second-order valence-electron chi connectivity index (χ2n) is 9.92. The number of benzene rings is 3. The quantitative estimate of drug-likeness (QED) is 0.360. The predicted octanol–water partition coefficient (Wildman–Crippen LogP) is 6.05. The van der Waals surface area contributed by atoms with Crippen molar-refractivity contribution in [3.63, 3.8) is 0 Å². The van der Waals surface area contributed by atoms with E-state index in [2.05, 4.69) is 26.4 Å². The van der Waals surface area contributed by atoms with E-state index in [9.17, 15) is 0 Å². The Balaban J connectivity index is 1.22. The van der Waals surface area contributed by atoms with Gasteiger partial charge in [-0.1, -0.05) is 6.07 Å². The molecule has 0 fully saturated rings. The van der Waals surface area contributed by atoms with Gasteiger partial charge in [-0.15, -0.1) is 0 Å². The number of aliphatic imine (C=N–C) groups is 2. The van der Waals surface area contributed by atoms with Gasteiger partial charge in [0.2, 0.25) is 0 Å². The van der Waals surface area contributed by atoms with Gasteiger partial charge in [-0.3, -0.25) is 4.98 Å². The average Bonchev–Trinajstić information content (AvgIpc) is 3.23. The number of aromatic nitrogens is 1. The number of amidine groups is 1. The lowest BCUT2D eigenvalue weighted by atomic mass is 10.1. The minimum absolute atomic E-state index is 0.229. The normalized spacial score (nSPS) is 17.8. The van der Waals surface area contributed by atoms with Crippen LogP contribution in [0.25, 0.3) is 10.9 Å². The smallest absolute Gasteiger partial charge is 0.289 e. The molecule has 8 heteroatoms. The fraction of sp³-hybridized carbons (Fsp3) is 0.207. The molecule has 0 amide bonds. The molecule has 0 bridgehead atoms. The summed E-state index contributed by atoms with van der Waals surface area (Å²) in [6.45, 7) is 6.64. The highest BCUT2D eigenvalue weighted by atomic mass is 16.5. The Morgan fingerprint density at radius 2 is 1.97 bits per heavy atom. The third-order valence-electron chi connectivity index (χ3n) is 6.45. The van der Waals surface area contributed by atoms with Gasteiger partial charge in [0.05, 0.1) is 23.1 Å². The van der Waals surface area contributed by atoms with E-state index in [0.29, 0.717) is 12.6 Å². The van der Waals surface area contributed by atoms with Gasteiger partial charge in [0.15, 0.2) is 0 Å². The number of hydrogen-bond acceptors (Lipinski definition) is 8. The Labute approximate surface area is 215 Å².